The fourth-order valence-electron chi connectivity index (χ4n) is 3.41. The first-order valence-corrected chi connectivity index (χ1v) is 11.5. The van der Waals surface area contributed by atoms with E-state index in [1.165, 1.54) is 0 Å². The lowest BCUT2D eigenvalue weighted by Gasteiger charge is -2.24. The zero-order valence-corrected chi connectivity index (χ0v) is 19.1. The number of carbonyl (C=O) groups excluding carboxylic acids is 2. The Balaban J connectivity index is 1.60. The van der Waals surface area contributed by atoms with Crippen LogP contribution in [-0.2, 0) is 20.6 Å². The van der Waals surface area contributed by atoms with Crippen molar-refractivity contribution < 1.29 is 32.7 Å². The molecule has 0 spiro atoms. The summed E-state index contributed by atoms with van der Waals surface area (Å²) >= 11 is 7.01. The summed E-state index contributed by atoms with van der Waals surface area (Å²) in [6.45, 7) is 0. The minimum absolute atomic E-state index is 0.0201. The van der Waals surface area contributed by atoms with E-state index in [-0.39, 0.29) is 22.9 Å². The van der Waals surface area contributed by atoms with E-state index in [1.54, 1.807) is 36.4 Å². The number of hydrogen-bond acceptors (Lipinski definition) is 4. The lowest BCUT2D eigenvalue weighted by molar-refractivity contribution is -0.146. The van der Waals surface area contributed by atoms with E-state index in [0.717, 1.165) is 30.0 Å². The Kier molecular flexibility index (Phi) is 8.27. The Morgan fingerprint density at radius 1 is 1.03 bits per heavy atom. The molecule has 2 atom stereocenters. The summed E-state index contributed by atoms with van der Waals surface area (Å²) in [6, 6.07) is 9.29. The molecule has 0 aromatic heterocycles. The van der Waals surface area contributed by atoms with Gasteiger partial charge in [0.25, 0.3) is 0 Å². The third kappa shape index (κ3) is 6.77. The normalized spacial score (nSPS) is 17.8. The van der Waals surface area contributed by atoms with Crippen LogP contribution in [0.4, 0.5) is 24.5 Å². The van der Waals surface area contributed by atoms with Crippen LogP contribution in [0.15, 0.2) is 59.5 Å². The van der Waals surface area contributed by atoms with E-state index in [2.05, 4.69) is 10.6 Å². The van der Waals surface area contributed by atoms with Crippen LogP contribution < -0.4 is 10.6 Å². The minimum Gasteiger partial charge on any atom is -0.481 e. The van der Waals surface area contributed by atoms with Crippen molar-refractivity contribution in [3.63, 3.8) is 0 Å². The van der Waals surface area contributed by atoms with E-state index < -0.39 is 41.4 Å². The lowest BCUT2D eigenvalue weighted by atomic mass is 9.82. The van der Waals surface area contributed by atoms with E-state index in [1.807, 2.05) is 0 Å². The molecule has 0 aliphatic heterocycles. The van der Waals surface area contributed by atoms with Crippen molar-refractivity contribution in [3.8, 4) is 0 Å². The van der Waals surface area contributed by atoms with Crippen molar-refractivity contribution in [3.05, 3.63) is 65.2 Å². The van der Waals surface area contributed by atoms with Gasteiger partial charge in [-0.05, 0) is 49.2 Å². The molecule has 0 bridgehead atoms. The molecule has 3 N–H and O–H groups in total. The Morgan fingerprint density at radius 3 is 2.41 bits per heavy atom. The minimum atomic E-state index is -4.57. The monoisotopic (exact) mass is 512 g/mol. The standard InChI is InChI=1S/C23H20ClF3N2O4S/c24-18-9-8-13(23(25,26)27)10-19(18)29-20(30)12-34-15-5-3-4-14(11-15)28-21(31)16-6-1-2-7-17(16)22(32)33/h1-5,8-11,16-17H,6-7,12H2,(H,28,31)(H,29,30)(H,32,33). The molecule has 1 aliphatic rings. The first-order chi connectivity index (χ1) is 16.0. The second-order valence-corrected chi connectivity index (χ2v) is 9.00. The van der Waals surface area contributed by atoms with Gasteiger partial charge in [-0.15, -0.1) is 11.8 Å². The average molecular weight is 513 g/mol. The van der Waals surface area contributed by atoms with Crippen LogP contribution in [0.3, 0.4) is 0 Å². The largest absolute Gasteiger partial charge is 0.481 e. The Bertz CT molecular complexity index is 1120. The molecule has 6 nitrogen and oxygen atoms in total. The first-order valence-electron chi connectivity index (χ1n) is 10.1. The number of halogens is 4. The summed E-state index contributed by atoms with van der Waals surface area (Å²) < 4.78 is 38.7. The maximum absolute atomic E-state index is 12.9. The zero-order chi connectivity index (χ0) is 24.9. The van der Waals surface area contributed by atoms with E-state index in [9.17, 15) is 32.7 Å². The van der Waals surface area contributed by atoms with Gasteiger partial charge in [0.15, 0.2) is 0 Å². The molecule has 2 aromatic carbocycles. The summed E-state index contributed by atoms with van der Waals surface area (Å²) in [4.78, 5) is 36.9. The van der Waals surface area contributed by atoms with Gasteiger partial charge in [-0.3, -0.25) is 14.4 Å². The highest BCUT2D eigenvalue weighted by Gasteiger charge is 2.34. The number of amides is 2. The fraction of sp³-hybridized carbons (Fsp3) is 0.261. The van der Waals surface area contributed by atoms with Crippen LogP contribution in [-0.4, -0.2) is 28.6 Å². The van der Waals surface area contributed by atoms with E-state index in [4.69, 9.17) is 11.6 Å². The number of anilines is 2. The number of carbonyl (C=O) groups is 3. The number of aliphatic carboxylic acids is 1. The topological polar surface area (TPSA) is 95.5 Å². The van der Waals surface area contributed by atoms with Crippen LogP contribution >= 0.6 is 23.4 Å². The predicted octanol–water partition coefficient (Wildman–Crippen LogP) is 5.70. The molecule has 0 saturated carbocycles. The predicted molar refractivity (Wildman–Crippen MR) is 124 cm³/mol. The molecule has 3 rings (SSSR count). The molecule has 0 radical (unpaired) electrons. The number of thioether (sulfide) groups is 1. The summed E-state index contributed by atoms with van der Waals surface area (Å²) in [6.07, 6.45) is -0.422. The van der Waals surface area contributed by atoms with E-state index >= 15 is 0 Å². The molecule has 0 fully saturated rings. The third-order valence-electron chi connectivity index (χ3n) is 5.13. The third-order valence-corrected chi connectivity index (χ3v) is 6.45. The van der Waals surface area contributed by atoms with Crippen LogP contribution in [0.1, 0.15) is 18.4 Å². The number of benzene rings is 2. The Hall–Kier alpha value is -2.98. The van der Waals surface area contributed by atoms with Crippen molar-refractivity contribution in [2.45, 2.75) is 23.9 Å². The summed E-state index contributed by atoms with van der Waals surface area (Å²) in [7, 11) is 0. The number of carboxylic acids is 1. The zero-order valence-electron chi connectivity index (χ0n) is 17.6. The van der Waals surface area contributed by atoms with Gasteiger partial charge >= 0.3 is 12.1 Å². The van der Waals surface area contributed by atoms with Crippen LogP contribution in [0, 0.1) is 11.8 Å². The van der Waals surface area contributed by atoms with Crippen molar-refractivity contribution in [1.82, 2.24) is 0 Å². The fourth-order valence-corrected chi connectivity index (χ4v) is 4.33. The molecule has 34 heavy (non-hydrogen) atoms. The molecule has 1 aliphatic carbocycles. The van der Waals surface area contributed by atoms with Gasteiger partial charge in [0, 0.05) is 10.6 Å². The summed E-state index contributed by atoms with van der Waals surface area (Å²) in [5, 5.41) is 14.4. The maximum Gasteiger partial charge on any atom is 0.416 e. The molecule has 11 heteroatoms. The lowest BCUT2D eigenvalue weighted by Crippen LogP contribution is -2.34. The summed E-state index contributed by atoms with van der Waals surface area (Å²) in [5.74, 6) is -3.59. The van der Waals surface area contributed by atoms with Crippen LogP contribution in [0.2, 0.25) is 5.02 Å². The molecule has 0 saturated heterocycles. The Labute approximate surface area is 202 Å². The van der Waals surface area contributed by atoms with Gasteiger partial charge in [-0.2, -0.15) is 13.2 Å². The molecule has 2 aromatic rings. The van der Waals surface area contributed by atoms with Gasteiger partial charge in [0.1, 0.15) is 0 Å². The number of nitrogens with one attached hydrogen (secondary N) is 2. The van der Waals surface area contributed by atoms with Gasteiger partial charge in [-0.1, -0.05) is 29.8 Å². The SMILES string of the molecule is O=C(CSc1cccc(NC(=O)C2CC=CCC2C(=O)O)c1)Nc1cc(C(F)(F)F)ccc1Cl. The maximum atomic E-state index is 12.9. The molecule has 2 amide bonds. The van der Waals surface area contributed by atoms with Gasteiger partial charge in [-0.25, -0.2) is 0 Å². The number of carboxylic acid groups (broad SMARTS) is 1. The van der Waals surface area contributed by atoms with Crippen LogP contribution in [0.25, 0.3) is 0 Å². The van der Waals surface area contributed by atoms with Gasteiger partial charge < -0.3 is 15.7 Å². The molecule has 2 unspecified atom stereocenters. The van der Waals surface area contributed by atoms with Crippen molar-refractivity contribution >= 4 is 52.5 Å². The molecule has 180 valence electrons. The van der Waals surface area contributed by atoms with Crippen molar-refractivity contribution in [2.24, 2.45) is 11.8 Å². The number of allylic oxidation sites excluding steroid dienone is 2. The number of alkyl halides is 3. The molecular formula is C23H20ClF3N2O4S. The second-order valence-electron chi connectivity index (χ2n) is 7.54. The highest BCUT2D eigenvalue weighted by molar-refractivity contribution is 8.00. The van der Waals surface area contributed by atoms with Gasteiger partial charge in [0.2, 0.25) is 11.8 Å². The first kappa shape index (κ1) is 25.6. The number of rotatable bonds is 7. The van der Waals surface area contributed by atoms with E-state index in [0.29, 0.717) is 17.0 Å². The van der Waals surface area contributed by atoms with Crippen molar-refractivity contribution in [2.75, 3.05) is 16.4 Å². The average Bonchev–Trinajstić information content (AvgIpc) is 2.78. The second kappa shape index (κ2) is 11.0. The highest BCUT2D eigenvalue weighted by atomic mass is 35.5. The highest BCUT2D eigenvalue weighted by Crippen LogP contribution is 2.34. The molecular weight excluding hydrogens is 493 g/mol. The van der Waals surface area contributed by atoms with Crippen molar-refractivity contribution in [1.29, 1.82) is 0 Å². The van der Waals surface area contributed by atoms with Gasteiger partial charge in [0.05, 0.1) is 33.9 Å². The Morgan fingerprint density at radius 2 is 1.74 bits per heavy atom. The summed E-state index contributed by atoms with van der Waals surface area (Å²) in [5.41, 5.74) is -0.630. The van der Waals surface area contributed by atoms with Crippen LogP contribution in [0.5, 0.6) is 0 Å². The number of hydrogen-bond donors (Lipinski definition) is 3. The quantitative estimate of drug-likeness (QED) is 0.327. The smallest absolute Gasteiger partial charge is 0.416 e. The molecule has 0 heterocycles.